The highest BCUT2D eigenvalue weighted by Crippen LogP contribution is 2.36. The molecule has 8 nitrogen and oxygen atoms in total. The number of amides is 1. The van der Waals surface area contributed by atoms with Crippen molar-refractivity contribution < 1.29 is 19.2 Å². The highest BCUT2D eigenvalue weighted by Gasteiger charge is 2.26. The topological polar surface area (TPSA) is 93.9 Å². The molecule has 148 valence electrons. The first-order valence-electron chi connectivity index (χ1n) is 9.26. The molecule has 2 aromatic rings. The highest BCUT2D eigenvalue weighted by molar-refractivity contribution is 5.99. The zero-order valence-corrected chi connectivity index (χ0v) is 15.7. The van der Waals surface area contributed by atoms with Crippen LogP contribution in [0, 0.1) is 10.1 Å². The fourth-order valence-electron chi connectivity index (χ4n) is 3.09. The standard InChI is InChI=1S/C20H23N3O5/c1-2-22(15-7-4-3-5-8-15)10-6-9-21-20(24)16-13-18-19(28-12-11-27-18)14-17(16)23(25)26/h3-5,7-8,13-14H,2,6,9-12H2,1H3,(H,21,24). The summed E-state index contributed by atoms with van der Waals surface area (Å²) < 4.78 is 10.8. The van der Waals surface area contributed by atoms with Gasteiger partial charge in [-0.15, -0.1) is 0 Å². The third-order valence-electron chi connectivity index (χ3n) is 4.50. The van der Waals surface area contributed by atoms with Crippen LogP contribution < -0.4 is 19.7 Å². The van der Waals surface area contributed by atoms with Crippen LogP contribution in [0.2, 0.25) is 0 Å². The highest BCUT2D eigenvalue weighted by atomic mass is 16.6. The Morgan fingerprint density at radius 2 is 1.86 bits per heavy atom. The van der Waals surface area contributed by atoms with Gasteiger partial charge in [0.25, 0.3) is 11.6 Å². The lowest BCUT2D eigenvalue weighted by atomic mass is 10.1. The number of para-hydroxylation sites is 1. The molecule has 1 heterocycles. The molecule has 0 unspecified atom stereocenters. The van der Waals surface area contributed by atoms with E-state index in [-0.39, 0.29) is 17.0 Å². The maximum atomic E-state index is 12.5. The van der Waals surface area contributed by atoms with Crippen molar-refractivity contribution in [2.45, 2.75) is 13.3 Å². The molecule has 3 rings (SSSR count). The van der Waals surface area contributed by atoms with Gasteiger partial charge in [0.1, 0.15) is 18.8 Å². The Labute approximate surface area is 163 Å². The molecule has 1 aliphatic rings. The summed E-state index contributed by atoms with van der Waals surface area (Å²) in [4.78, 5) is 25.5. The van der Waals surface area contributed by atoms with Crippen LogP contribution in [0.4, 0.5) is 11.4 Å². The van der Waals surface area contributed by atoms with Crippen molar-refractivity contribution in [3.63, 3.8) is 0 Å². The van der Waals surface area contributed by atoms with Crippen molar-refractivity contribution in [3.8, 4) is 11.5 Å². The number of carbonyl (C=O) groups excluding carboxylic acids is 1. The second-order valence-corrected chi connectivity index (χ2v) is 6.29. The molecule has 0 radical (unpaired) electrons. The van der Waals surface area contributed by atoms with Crippen molar-refractivity contribution in [2.24, 2.45) is 0 Å². The average molecular weight is 385 g/mol. The molecule has 28 heavy (non-hydrogen) atoms. The Morgan fingerprint density at radius 3 is 2.50 bits per heavy atom. The van der Waals surface area contributed by atoms with Crippen LogP contribution in [-0.2, 0) is 0 Å². The first-order chi connectivity index (χ1) is 13.6. The summed E-state index contributed by atoms with van der Waals surface area (Å²) in [6, 6.07) is 12.7. The third-order valence-corrected chi connectivity index (χ3v) is 4.50. The van der Waals surface area contributed by atoms with E-state index in [1.807, 2.05) is 30.3 Å². The van der Waals surface area contributed by atoms with Gasteiger partial charge in [0.15, 0.2) is 11.5 Å². The van der Waals surface area contributed by atoms with Gasteiger partial charge in [0.05, 0.1) is 11.0 Å². The summed E-state index contributed by atoms with van der Waals surface area (Å²) in [5.74, 6) is 0.144. The zero-order chi connectivity index (χ0) is 19.9. The Kier molecular flexibility index (Phi) is 6.31. The minimum Gasteiger partial charge on any atom is -0.486 e. The van der Waals surface area contributed by atoms with Crippen LogP contribution in [0.15, 0.2) is 42.5 Å². The van der Waals surface area contributed by atoms with Gasteiger partial charge in [0.2, 0.25) is 0 Å². The van der Waals surface area contributed by atoms with E-state index in [0.717, 1.165) is 18.8 Å². The normalized spacial score (nSPS) is 12.3. The van der Waals surface area contributed by atoms with Gasteiger partial charge >= 0.3 is 0 Å². The zero-order valence-electron chi connectivity index (χ0n) is 15.7. The quantitative estimate of drug-likeness (QED) is 0.426. The van der Waals surface area contributed by atoms with Gasteiger partial charge in [0, 0.05) is 31.4 Å². The Bertz CT molecular complexity index is 841. The van der Waals surface area contributed by atoms with E-state index in [2.05, 4.69) is 17.1 Å². The summed E-state index contributed by atoms with van der Waals surface area (Å²) in [7, 11) is 0. The van der Waals surface area contributed by atoms with Gasteiger partial charge in [-0.25, -0.2) is 0 Å². The Hall–Kier alpha value is -3.29. The molecule has 0 aromatic heterocycles. The Balaban J connectivity index is 1.61. The third kappa shape index (κ3) is 4.51. The summed E-state index contributed by atoms with van der Waals surface area (Å²) in [6.07, 6.45) is 0.715. The Morgan fingerprint density at radius 1 is 1.18 bits per heavy atom. The van der Waals surface area contributed by atoms with E-state index in [9.17, 15) is 14.9 Å². The lowest BCUT2D eigenvalue weighted by Crippen LogP contribution is -2.30. The molecular formula is C20H23N3O5. The molecule has 1 amide bonds. The fourth-order valence-corrected chi connectivity index (χ4v) is 3.09. The predicted octanol–water partition coefficient (Wildman–Crippen LogP) is 3.01. The summed E-state index contributed by atoms with van der Waals surface area (Å²) in [5.41, 5.74) is 0.810. The number of nitro groups is 1. The van der Waals surface area contributed by atoms with Crippen molar-refractivity contribution in [1.29, 1.82) is 0 Å². The van der Waals surface area contributed by atoms with E-state index < -0.39 is 10.8 Å². The molecule has 0 bridgehead atoms. The van der Waals surface area contributed by atoms with Crippen LogP contribution in [0.25, 0.3) is 0 Å². The summed E-state index contributed by atoms with van der Waals surface area (Å²) in [6.45, 7) is 4.77. The number of anilines is 1. The number of fused-ring (bicyclic) bond motifs is 1. The second kappa shape index (κ2) is 9.07. The number of benzene rings is 2. The van der Waals surface area contributed by atoms with Gasteiger partial charge in [-0.1, -0.05) is 18.2 Å². The van der Waals surface area contributed by atoms with Gasteiger partial charge in [-0.05, 0) is 25.5 Å². The number of carbonyl (C=O) groups is 1. The first-order valence-corrected chi connectivity index (χ1v) is 9.26. The maximum absolute atomic E-state index is 12.5. The van der Waals surface area contributed by atoms with Crippen LogP contribution >= 0.6 is 0 Å². The number of nitrogens with one attached hydrogen (secondary N) is 1. The smallest absolute Gasteiger partial charge is 0.286 e. The summed E-state index contributed by atoms with van der Waals surface area (Å²) in [5, 5.41) is 14.1. The number of hydrogen-bond donors (Lipinski definition) is 1. The summed E-state index contributed by atoms with van der Waals surface area (Å²) >= 11 is 0. The van der Waals surface area contributed by atoms with Gasteiger partial charge in [-0.2, -0.15) is 0 Å². The molecule has 8 heteroatoms. The van der Waals surface area contributed by atoms with Gasteiger partial charge in [-0.3, -0.25) is 14.9 Å². The second-order valence-electron chi connectivity index (χ2n) is 6.29. The monoisotopic (exact) mass is 385 g/mol. The molecule has 0 fully saturated rings. The van der Waals surface area contributed by atoms with Crippen LogP contribution in [0.5, 0.6) is 11.5 Å². The molecule has 0 aliphatic carbocycles. The van der Waals surface area contributed by atoms with Gasteiger partial charge < -0.3 is 19.7 Å². The molecule has 0 saturated carbocycles. The minimum absolute atomic E-state index is 0.0235. The molecule has 1 aliphatic heterocycles. The van der Waals surface area contributed by atoms with E-state index >= 15 is 0 Å². The van der Waals surface area contributed by atoms with E-state index in [1.54, 1.807) is 0 Å². The fraction of sp³-hybridized carbons (Fsp3) is 0.350. The SMILES string of the molecule is CCN(CCCNC(=O)c1cc2c(cc1[N+](=O)[O-])OCCO2)c1ccccc1. The first kappa shape index (κ1) is 19.5. The molecule has 1 N–H and O–H groups in total. The van der Waals surface area contributed by atoms with Crippen molar-refractivity contribution >= 4 is 17.3 Å². The van der Waals surface area contributed by atoms with E-state index in [1.165, 1.54) is 12.1 Å². The number of ether oxygens (including phenoxy) is 2. The molecule has 0 saturated heterocycles. The van der Waals surface area contributed by atoms with Crippen molar-refractivity contribution in [2.75, 3.05) is 37.7 Å². The maximum Gasteiger partial charge on any atom is 0.286 e. The van der Waals surface area contributed by atoms with Crippen LogP contribution in [-0.4, -0.2) is 43.7 Å². The molecule has 0 spiro atoms. The number of nitro benzene ring substituents is 1. The lowest BCUT2D eigenvalue weighted by Gasteiger charge is -2.23. The van der Waals surface area contributed by atoms with Crippen molar-refractivity contribution in [3.05, 3.63) is 58.1 Å². The molecule has 2 aromatic carbocycles. The van der Waals surface area contributed by atoms with Crippen molar-refractivity contribution in [1.82, 2.24) is 5.32 Å². The average Bonchev–Trinajstić information content (AvgIpc) is 2.73. The van der Waals surface area contributed by atoms with E-state index in [0.29, 0.717) is 31.9 Å². The molecule has 0 atom stereocenters. The molecular weight excluding hydrogens is 362 g/mol. The number of nitrogens with zero attached hydrogens (tertiary/aromatic N) is 2. The number of hydrogen-bond acceptors (Lipinski definition) is 6. The predicted molar refractivity (Wildman–Crippen MR) is 105 cm³/mol. The van der Waals surface area contributed by atoms with Crippen LogP contribution in [0.3, 0.4) is 0 Å². The van der Waals surface area contributed by atoms with E-state index in [4.69, 9.17) is 9.47 Å². The van der Waals surface area contributed by atoms with Crippen LogP contribution in [0.1, 0.15) is 23.7 Å². The minimum atomic E-state index is -0.582. The largest absolute Gasteiger partial charge is 0.486 e. The lowest BCUT2D eigenvalue weighted by molar-refractivity contribution is -0.385. The number of rotatable bonds is 8.